The number of benzene rings is 1. The van der Waals surface area contributed by atoms with Crippen molar-refractivity contribution in [3.8, 4) is 0 Å². The van der Waals surface area contributed by atoms with Crippen LogP contribution in [0.25, 0.3) is 10.9 Å². The lowest BCUT2D eigenvalue weighted by molar-refractivity contribution is 0.0943. The van der Waals surface area contributed by atoms with Crippen LogP contribution in [0, 0.1) is 0 Å². The number of hydrogen-bond acceptors (Lipinski definition) is 3. The third-order valence-corrected chi connectivity index (χ3v) is 3.57. The first-order valence-electron chi connectivity index (χ1n) is 7.09. The molecule has 4 heteroatoms. The molecule has 0 unspecified atom stereocenters. The van der Waals surface area contributed by atoms with Gasteiger partial charge >= 0.3 is 0 Å². The lowest BCUT2D eigenvalue weighted by Crippen LogP contribution is -2.34. The van der Waals surface area contributed by atoms with Gasteiger partial charge in [0.05, 0.1) is 11.1 Å². The zero-order chi connectivity index (χ0) is 14.1. The number of amides is 1. The van der Waals surface area contributed by atoms with E-state index in [1.54, 1.807) is 0 Å². The molecular weight excluding hydrogens is 250 g/mol. The number of para-hydroxylation sites is 1. The minimum atomic E-state index is -0.00134. The summed E-state index contributed by atoms with van der Waals surface area (Å²) in [5.74, 6) is -0.00134. The molecule has 1 amide bonds. The molecule has 0 radical (unpaired) electrons. The van der Waals surface area contributed by atoms with Crippen molar-refractivity contribution < 1.29 is 4.79 Å². The maximum Gasteiger partial charge on any atom is 0.252 e. The van der Waals surface area contributed by atoms with E-state index in [2.05, 4.69) is 10.6 Å². The standard InChI is InChI=1S/C16H19N3O/c1-10(2)18-16(20)15-11-5-3-4-6-13(11)19-14-7-8-17-9-12(14)15/h3-6,10,17H,7-9H2,1-2H3,(H,18,20). The van der Waals surface area contributed by atoms with Gasteiger partial charge in [-0.15, -0.1) is 0 Å². The van der Waals surface area contributed by atoms with Gasteiger partial charge in [-0.25, -0.2) is 0 Å². The highest BCUT2D eigenvalue weighted by molar-refractivity contribution is 6.07. The number of hydrogen-bond donors (Lipinski definition) is 2. The van der Waals surface area contributed by atoms with Gasteiger partial charge in [-0.3, -0.25) is 9.78 Å². The average molecular weight is 269 g/mol. The van der Waals surface area contributed by atoms with E-state index in [1.165, 1.54) is 0 Å². The topological polar surface area (TPSA) is 54.0 Å². The SMILES string of the molecule is CC(C)NC(=O)c1c2c(nc3ccccc13)CCNC2. The molecule has 0 saturated heterocycles. The minimum Gasteiger partial charge on any atom is -0.350 e. The monoisotopic (exact) mass is 269 g/mol. The first-order valence-corrected chi connectivity index (χ1v) is 7.09. The summed E-state index contributed by atoms with van der Waals surface area (Å²) < 4.78 is 0. The Morgan fingerprint density at radius 2 is 2.15 bits per heavy atom. The first kappa shape index (κ1) is 13.1. The molecule has 2 aromatic rings. The quantitative estimate of drug-likeness (QED) is 0.877. The van der Waals surface area contributed by atoms with Gasteiger partial charge in [0, 0.05) is 42.2 Å². The van der Waals surface area contributed by atoms with Crippen LogP contribution in [0.15, 0.2) is 24.3 Å². The smallest absolute Gasteiger partial charge is 0.252 e. The molecular formula is C16H19N3O. The van der Waals surface area contributed by atoms with Crippen molar-refractivity contribution in [1.29, 1.82) is 0 Å². The van der Waals surface area contributed by atoms with E-state index < -0.39 is 0 Å². The maximum atomic E-state index is 12.6. The number of nitrogens with zero attached hydrogens (tertiary/aromatic N) is 1. The van der Waals surface area contributed by atoms with Crippen LogP contribution in [0.3, 0.4) is 0 Å². The van der Waals surface area contributed by atoms with Gasteiger partial charge in [0.15, 0.2) is 0 Å². The van der Waals surface area contributed by atoms with Crippen LogP contribution in [-0.4, -0.2) is 23.5 Å². The summed E-state index contributed by atoms with van der Waals surface area (Å²) in [7, 11) is 0. The van der Waals surface area contributed by atoms with Gasteiger partial charge in [-0.2, -0.15) is 0 Å². The van der Waals surface area contributed by atoms with Crippen LogP contribution in [0.4, 0.5) is 0 Å². The molecule has 2 N–H and O–H groups in total. The number of aromatic nitrogens is 1. The molecule has 0 aliphatic carbocycles. The van der Waals surface area contributed by atoms with E-state index in [-0.39, 0.29) is 11.9 Å². The molecule has 0 spiro atoms. The number of carbonyl (C=O) groups excluding carboxylic acids is 1. The molecule has 0 bridgehead atoms. The Hall–Kier alpha value is -1.94. The van der Waals surface area contributed by atoms with Crippen LogP contribution in [-0.2, 0) is 13.0 Å². The molecule has 104 valence electrons. The molecule has 1 aromatic heterocycles. The number of carbonyl (C=O) groups is 1. The molecule has 1 aliphatic heterocycles. The van der Waals surface area contributed by atoms with E-state index in [0.717, 1.165) is 40.7 Å². The molecule has 20 heavy (non-hydrogen) atoms. The van der Waals surface area contributed by atoms with E-state index in [9.17, 15) is 4.79 Å². The summed E-state index contributed by atoms with van der Waals surface area (Å²) in [5.41, 5.74) is 3.79. The van der Waals surface area contributed by atoms with E-state index in [1.807, 2.05) is 38.1 Å². The van der Waals surface area contributed by atoms with Crippen molar-refractivity contribution >= 4 is 16.8 Å². The zero-order valence-corrected chi connectivity index (χ0v) is 11.9. The Morgan fingerprint density at radius 1 is 1.35 bits per heavy atom. The summed E-state index contributed by atoms with van der Waals surface area (Å²) >= 11 is 0. The van der Waals surface area contributed by atoms with Crippen LogP contribution in [0.2, 0.25) is 0 Å². The molecule has 2 heterocycles. The minimum absolute atomic E-state index is 0.00134. The number of pyridine rings is 1. The lowest BCUT2D eigenvalue weighted by atomic mass is 9.96. The number of nitrogens with one attached hydrogen (secondary N) is 2. The van der Waals surface area contributed by atoms with Crippen LogP contribution < -0.4 is 10.6 Å². The second-order valence-electron chi connectivity index (χ2n) is 5.48. The fraction of sp³-hybridized carbons (Fsp3) is 0.375. The second kappa shape index (κ2) is 5.21. The first-order chi connectivity index (χ1) is 9.66. The normalized spacial score (nSPS) is 14.3. The zero-order valence-electron chi connectivity index (χ0n) is 11.9. The highest BCUT2D eigenvalue weighted by atomic mass is 16.1. The third-order valence-electron chi connectivity index (χ3n) is 3.57. The second-order valence-corrected chi connectivity index (χ2v) is 5.48. The molecule has 4 nitrogen and oxygen atoms in total. The predicted molar refractivity (Wildman–Crippen MR) is 79.8 cm³/mol. The van der Waals surface area contributed by atoms with Crippen molar-refractivity contribution in [2.45, 2.75) is 32.9 Å². The van der Waals surface area contributed by atoms with Crippen LogP contribution in [0.1, 0.15) is 35.5 Å². The van der Waals surface area contributed by atoms with Crippen LogP contribution in [0.5, 0.6) is 0 Å². The Labute approximate surface area is 118 Å². The highest BCUT2D eigenvalue weighted by Crippen LogP contribution is 2.25. The molecule has 0 atom stereocenters. The van der Waals surface area contributed by atoms with Crippen molar-refractivity contribution in [2.24, 2.45) is 0 Å². The van der Waals surface area contributed by atoms with Crippen molar-refractivity contribution in [3.05, 3.63) is 41.1 Å². The van der Waals surface area contributed by atoms with Gasteiger partial charge < -0.3 is 10.6 Å². The van der Waals surface area contributed by atoms with Gasteiger partial charge in [-0.1, -0.05) is 18.2 Å². The molecule has 1 aliphatic rings. The van der Waals surface area contributed by atoms with Gasteiger partial charge in [0.25, 0.3) is 5.91 Å². The Balaban J connectivity index is 2.23. The number of rotatable bonds is 2. The van der Waals surface area contributed by atoms with Crippen molar-refractivity contribution in [3.63, 3.8) is 0 Å². The summed E-state index contributed by atoms with van der Waals surface area (Å²) in [6, 6.07) is 8.00. The Morgan fingerprint density at radius 3 is 2.95 bits per heavy atom. The highest BCUT2D eigenvalue weighted by Gasteiger charge is 2.22. The lowest BCUT2D eigenvalue weighted by Gasteiger charge is -2.21. The average Bonchev–Trinajstić information content (AvgIpc) is 2.43. The maximum absolute atomic E-state index is 12.6. The third kappa shape index (κ3) is 2.27. The molecule has 0 fully saturated rings. The fourth-order valence-corrected chi connectivity index (χ4v) is 2.71. The van der Waals surface area contributed by atoms with E-state index in [0.29, 0.717) is 6.54 Å². The predicted octanol–water partition coefficient (Wildman–Crippen LogP) is 2.02. The van der Waals surface area contributed by atoms with Gasteiger partial charge in [0.1, 0.15) is 0 Å². The summed E-state index contributed by atoms with van der Waals surface area (Å²) in [5, 5.41) is 7.28. The molecule has 0 saturated carbocycles. The van der Waals surface area contributed by atoms with Crippen molar-refractivity contribution in [2.75, 3.05) is 6.54 Å². The van der Waals surface area contributed by atoms with Gasteiger partial charge in [-0.05, 0) is 19.9 Å². The Kier molecular flexibility index (Phi) is 3.40. The summed E-state index contributed by atoms with van der Waals surface area (Å²) in [6.07, 6.45) is 0.877. The van der Waals surface area contributed by atoms with E-state index >= 15 is 0 Å². The number of fused-ring (bicyclic) bond motifs is 2. The van der Waals surface area contributed by atoms with Gasteiger partial charge in [0.2, 0.25) is 0 Å². The Bertz CT molecular complexity index is 664. The van der Waals surface area contributed by atoms with Crippen LogP contribution >= 0.6 is 0 Å². The largest absolute Gasteiger partial charge is 0.350 e. The summed E-state index contributed by atoms with van der Waals surface area (Å²) in [4.78, 5) is 17.3. The van der Waals surface area contributed by atoms with Crippen molar-refractivity contribution in [1.82, 2.24) is 15.6 Å². The summed E-state index contributed by atoms with van der Waals surface area (Å²) in [6.45, 7) is 5.59. The fourth-order valence-electron chi connectivity index (χ4n) is 2.71. The van der Waals surface area contributed by atoms with E-state index in [4.69, 9.17) is 4.98 Å². The molecule has 1 aromatic carbocycles. The molecule has 3 rings (SSSR count).